The first-order valence-electron chi connectivity index (χ1n) is 8.75. The van der Waals surface area contributed by atoms with Gasteiger partial charge in [-0.3, -0.25) is 19.7 Å². The zero-order chi connectivity index (χ0) is 19.4. The maximum absolute atomic E-state index is 13.1. The summed E-state index contributed by atoms with van der Waals surface area (Å²) in [5.41, 5.74) is 2.46. The summed E-state index contributed by atoms with van der Waals surface area (Å²) in [6.45, 7) is 0. The summed E-state index contributed by atoms with van der Waals surface area (Å²) in [7, 11) is 0. The number of H-pyrrole nitrogens is 1. The second kappa shape index (κ2) is 5.82. The van der Waals surface area contributed by atoms with Crippen molar-refractivity contribution in [3.05, 3.63) is 81.9 Å². The number of nitro groups is 1. The summed E-state index contributed by atoms with van der Waals surface area (Å²) < 4.78 is 0. The molecule has 0 aliphatic heterocycles. The Kier molecular flexibility index (Phi) is 3.39. The van der Waals surface area contributed by atoms with Gasteiger partial charge in [0.05, 0.1) is 27.8 Å². The summed E-state index contributed by atoms with van der Waals surface area (Å²) in [4.78, 5) is 44.1. The van der Waals surface area contributed by atoms with Gasteiger partial charge in [0.1, 0.15) is 11.3 Å². The topological polar surface area (TPSA) is 106 Å². The number of carbonyl (C=O) groups is 2. The van der Waals surface area contributed by atoms with Crippen LogP contribution in [-0.2, 0) is 0 Å². The minimum absolute atomic E-state index is 0.0128. The van der Waals surface area contributed by atoms with Gasteiger partial charge in [-0.15, -0.1) is 0 Å². The summed E-state index contributed by atoms with van der Waals surface area (Å²) in [5, 5.41) is 10.8. The maximum Gasteiger partial charge on any atom is 0.269 e. The number of carbonyl (C=O) groups excluding carboxylic acids is 2. The van der Waals surface area contributed by atoms with Crippen molar-refractivity contribution in [2.45, 2.75) is 0 Å². The van der Waals surface area contributed by atoms with Crippen LogP contribution in [0.1, 0.15) is 20.7 Å². The van der Waals surface area contributed by atoms with E-state index in [-0.39, 0.29) is 17.3 Å². The van der Waals surface area contributed by atoms with E-state index in [4.69, 9.17) is 0 Å². The third kappa shape index (κ3) is 2.26. The highest BCUT2D eigenvalue weighted by atomic mass is 16.6. The van der Waals surface area contributed by atoms with Gasteiger partial charge in [0, 0.05) is 23.3 Å². The van der Waals surface area contributed by atoms with Crippen LogP contribution in [0.4, 0.5) is 5.69 Å². The van der Waals surface area contributed by atoms with Crippen molar-refractivity contribution in [3.63, 3.8) is 0 Å². The van der Waals surface area contributed by atoms with Crippen molar-refractivity contribution in [3.8, 4) is 11.4 Å². The van der Waals surface area contributed by atoms with E-state index >= 15 is 0 Å². The molecule has 1 aromatic heterocycles. The first-order chi connectivity index (χ1) is 13.5. The minimum Gasteiger partial charge on any atom is -0.338 e. The Morgan fingerprint density at radius 1 is 0.929 bits per heavy atom. The quantitative estimate of drug-likeness (QED) is 0.543. The van der Waals surface area contributed by atoms with E-state index in [1.165, 1.54) is 12.1 Å². The lowest BCUT2D eigenvalue weighted by Gasteiger charge is -2.28. The second-order valence-corrected chi connectivity index (χ2v) is 6.82. The molecule has 2 aliphatic carbocycles. The van der Waals surface area contributed by atoms with Gasteiger partial charge in [0.2, 0.25) is 0 Å². The molecule has 3 aromatic rings. The van der Waals surface area contributed by atoms with Crippen LogP contribution < -0.4 is 0 Å². The number of imidazole rings is 1. The van der Waals surface area contributed by atoms with Crippen LogP contribution >= 0.6 is 0 Å². The first kappa shape index (κ1) is 16.3. The van der Waals surface area contributed by atoms with Gasteiger partial charge in [0.15, 0.2) is 11.6 Å². The number of hydrogen-bond acceptors (Lipinski definition) is 5. The van der Waals surface area contributed by atoms with E-state index in [1.54, 1.807) is 48.6 Å². The second-order valence-electron chi connectivity index (χ2n) is 6.82. The molecule has 0 unspecified atom stereocenters. The van der Waals surface area contributed by atoms with E-state index in [1.807, 2.05) is 0 Å². The number of ketones is 2. The lowest BCUT2D eigenvalue weighted by Crippen LogP contribution is -2.35. The van der Waals surface area contributed by atoms with Gasteiger partial charge in [-0.1, -0.05) is 24.3 Å². The number of fused-ring (bicyclic) bond motifs is 4. The smallest absolute Gasteiger partial charge is 0.269 e. The molecule has 0 spiro atoms. The van der Waals surface area contributed by atoms with E-state index in [0.29, 0.717) is 33.5 Å². The Morgan fingerprint density at radius 2 is 1.61 bits per heavy atom. The molecule has 2 aromatic carbocycles. The Morgan fingerprint density at radius 3 is 2.29 bits per heavy atom. The number of nitrogens with one attached hydrogen (secondary N) is 1. The Bertz CT molecular complexity index is 1230. The number of nitro benzene ring substituents is 1. The molecule has 136 valence electrons. The molecular weight excluding hydrogens is 358 g/mol. The largest absolute Gasteiger partial charge is 0.338 e. The van der Waals surface area contributed by atoms with Gasteiger partial charge in [-0.25, -0.2) is 4.98 Å². The lowest BCUT2D eigenvalue weighted by atomic mass is 9.72. The normalized spacial score (nSPS) is 20.3. The van der Waals surface area contributed by atoms with E-state index in [2.05, 4.69) is 9.97 Å². The summed E-state index contributed by atoms with van der Waals surface area (Å²) >= 11 is 0. The Hall–Kier alpha value is -3.87. The Labute approximate surface area is 158 Å². The third-order valence-corrected chi connectivity index (χ3v) is 5.26. The van der Waals surface area contributed by atoms with Crippen molar-refractivity contribution < 1.29 is 14.5 Å². The van der Waals surface area contributed by atoms with Crippen LogP contribution in [0.5, 0.6) is 0 Å². The number of aromatic amines is 1. The third-order valence-electron chi connectivity index (χ3n) is 5.26. The Balaban J connectivity index is 1.66. The van der Waals surface area contributed by atoms with Crippen LogP contribution in [0.3, 0.4) is 0 Å². The molecule has 5 rings (SSSR count). The molecule has 7 heteroatoms. The molecule has 7 nitrogen and oxygen atoms in total. The zero-order valence-corrected chi connectivity index (χ0v) is 14.5. The number of Topliss-reactive ketones (excluding diaryl/α,β-unsaturated/α-hetero) is 2. The average molecular weight is 371 g/mol. The summed E-state index contributed by atoms with van der Waals surface area (Å²) in [6, 6.07) is 9.40. The number of benzene rings is 2. The number of aromatic nitrogens is 2. The van der Waals surface area contributed by atoms with Crippen LogP contribution in [0, 0.1) is 22.0 Å². The van der Waals surface area contributed by atoms with Gasteiger partial charge in [-0.2, -0.15) is 0 Å². The van der Waals surface area contributed by atoms with Crippen molar-refractivity contribution in [2.24, 2.45) is 11.8 Å². The molecule has 0 bridgehead atoms. The molecule has 0 saturated carbocycles. The van der Waals surface area contributed by atoms with Gasteiger partial charge >= 0.3 is 0 Å². The minimum atomic E-state index is -0.505. The summed E-state index contributed by atoms with van der Waals surface area (Å²) in [5.74, 6) is -0.681. The van der Waals surface area contributed by atoms with Crippen LogP contribution in [0.25, 0.3) is 22.4 Å². The number of non-ortho nitro benzene ring substituents is 1. The number of allylic oxidation sites excluding steroid dienone is 4. The average Bonchev–Trinajstić information content (AvgIpc) is 3.16. The fourth-order valence-electron chi connectivity index (χ4n) is 3.86. The van der Waals surface area contributed by atoms with Crippen molar-refractivity contribution in [2.75, 3.05) is 0 Å². The van der Waals surface area contributed by atoms with E-state index in [9.17, 15) is 19.7 Å². The van der Waals surface area contributed by atoms with Crippen LogP contribution in [-0.4, -0.2) is 26.5 Å². The van der Waals surface area contributed by atoms with Crippen molar-refractivity contribution in [1.29, 1.82) is 0 Å². The fraction of sp³-hybridized carbons (Fsp3) is 0.0952. The molecule has 1 N–H and O–H groups in total. The molecule has 28 heavy (non-hydrogen) atoms. The predicted molar refractivity (Wildman–Crippen MR) is 102 cm³/mol. The molecule has 0 fully saturated rings. The van der Waals surface area contributed by atoms with Crippen LogP contribution in [0.15, 0.2) is 60.7 Å². The number of nitrogens with zero attached hydrogens (tertiary/aromatic N) is 2. The van der Waals surface area contributed by atoms with Gasteiger partial charge in [0.25, 0.3) is 5.69 Å². The molecule has 0 saturated heterocycles. The lowest BCUT2D eigenvalue weighted by molar-refractivity contribution is -0.384. The fourth-order valence-corrected chi connectivity index (χ4v) is 3.86. The monoisotopic (exact) mass is 371 g/mol. The van der Waals surface area contributed by atoms with E-state index < -0.39 is 16.8 Å². The molecule has 1 heterocycles. The van der Waals surface area contributed by atoms with E-state index in [0.717, 1.165) is 0 Å². The number of rotatable bonds is 2. The maximum atomic E-state index is 13.1. The summed E-state index contributed by atoms with van der Waals surface area (Å²) in [6.07, 6.45) is 7.10. The number of hydrogen-bond donors (Lipinski definition) is 1. The highest BCUT2D eigenvalue weighted by molar-refractivity contribution is 6.22. The van der Waals surface area contributed by atoms with Gasteiger partial charge < -0.3 is 4.98 Å². The first-order valence-corrected chi connectivity index (χ1v) is 8.75. The van der Waals surface area contributed by atoms with Crippen molar-refractivity contribution >= 4 is 28.3 Å². The molecular formula is C21H13N3O4. The van der Waals surface area contributed by atoms with Gasteiger partial charge in [-0.05, 0) is 24.3 Å². The molecule has 2 atom stereocenters. The SMILES string of the molecule is O=C1c2ccc3[nH]c(-c4ccc([N+](=O)[O-])cc4)nc3c2C(=O)[C@H]2C=CC=C[C@H]12. The molecule has 0 radical (unpaired) electrons. The highest BCUT2D eigenvalue weighted by Gasteiger charge is 2.40. The zero-order valence-electron chi connectivity index (χ0n) is 14.5. The van der Waals surface area contributed by atoms with Crippen LogP contribution in [0.2, 0.25) is 0 Å². The molecule has 0 amide bonds. The standard InChI is InChI=1S/C21H13N3O4/c25-19-13-3-1-2-4-14(13)20(26)17-15(19)9-10-16-18(17)23-21(22-16)11-5-7-12(8-6-11)24(27)28/h1-10,13-14H,(H,22,23)/t13-,14-/m0/s1. The predicted octanol–water partition coefficient (Wildman–Crippen LogP) is 3.88. The highest BCUT2D eigenvalue weighted by Crippen LogP contribution is 2.37. The molecule has 2 aliphatic rings. The van der Waals surface area contributed by atoms with Crippen molar-refractivity contribution in [1.82, 2.24) is 9.97 Å².